The first kappa shape index (κ1) is 17.4. The van der Waals surface area contributed by atoms with Crippen molar-refractivity contribution in [2.45, 2.75) is 19.4 Å². The second kappa shape index (κ2) is 6.84. The van der Waals surface area contributed by atoms with Crippen LogP contribution in [0, 0.1) is 5.82 Å². The van der Waals surface area contributed by atoms with Gasteiger partial charge in [0, 0.05) is 18.7 Å². The minimum atomic E-state index is -3.33. The smallest absolute Gasteiger partial charge is 0.251 e. The van der Waals surface area contributed by atoms with Crippen LogP contribution in [-0.4, -0.2) is 27.1 Å². The van der Waals surface area contributed by atoms with Crippen molar-refractivity contribution in [1.82, 2.24) is 5.32 Å². The van der Waals surface area contributed by atoms with Crippen LogP contribution in [0.25, 0.3) is 0 Å². The van der Waals surface area contributed by atoms with Crippen molar-refractivity contribution in [2.75, 3.05) is 17.1 Å². The molecule has 0 aliphatic carbocycles. The van der Waals surface area contributed by atoms with Crippen molar-refractivity contribution in [3.63, 3.8) is 0 Å². The number of rotatable bonds is 4. The van der Waals surface area contributed by atoms with E-state index in [1.807, 2.05) is 0 Å². The van der Waals surface area contributed by atoms with E-state index in [4.69, 9.17) is 0 Å². The van der Waals surface area contributed by atoms with Gasteiger partial charge in [-0.15, -0.1) is 0 Å². The third-order valence-electron chi connectivity index (χ3n) is 4.16. The van der Waals surface area contributed by atoms with Gasteiger partial charge in [0.15, 0.2) is 0 Å². The summed E-state index contributed by atoms with van der Waals surface area (Å²) in [6, 6.07) is 11.1. The molecule has 7 heteroatoms. The minimum Gasteiger partial charge on any atom is -0.348 e. The van der Waals surface area contributed by atoms with Crippen LogP contribution in [0.4, 0.5) is 10.1 Å². The lowest BCUT2D eigenvalue weighted by molar-refractivity contribution is 0.0950. The molecular weight excluding hydrogens is 343 g/mol. The van der Waals surface area contributed by atoms with Gasteiger partial charge in [-0.3, -0.25) is 9.10 Å². The summed E-state index contributed by atoms with van der Waals surface area (Å²) >= 11 is 0. The van der Waals surface area contributed by atoms with Crippen LogP contribution < -0.4 is 9.62 Å². The molecule has 0 fully saturated rings. The van der Waals surface area contributed by atoms with Gasteiger partial charge in [-0.1, -0.05) is 12.1 Å². The zero-order valence-electron chi connectivity index (χ0n) is 13.8. The number of halogens is 1. The van der Waals surface area contributed by atoms with E-state index in [0.717, 1.165) is 12.0 Å². The molecule has 0 saturated heterocycles. The summed E-state index contributed by atoms with van der Waals surface area (Å²) in [4.78, 5) is 12.3. The van der Waals surface area contributed by atoms with E-state index in [-0.39, 0.29) is 18.3 Å². The lowest BCUT2D eigenvalue weighted by Crippen LogP contribution is -2.34. The van der Waals surface area contributed by atoms with Crippen molar-refractivity contribution >= 4 is 21.6 Å². The van der Waals surface area contributed by atoms with Crippen molar-refractivity contribution in [3.05, 3.63) is 65.0 Å². The Balaban J connectivity index is 1.76. The summed E-state index contributed by atoms with van der Waals surface area (Å²) in [7, 11) is -3.33. The van der Waals surface area contributed by atoms with Crippen LogP contribution in [0.5, 0.6) is 0 Å². The number of aryl methyl sites for hydroxylation is 1. The zero-order valence-corrected chi connectivity index (χ0v) is 14.6. The molecule has 0 aromatic heterocycles. The van der Waals surface area contributed by atoms with Crippen LogP contribution in [0.1, 0.15) is 27.9 Å². The van der Waals surface area contributed by atoms with Crippen molar-refractivity contribution < 1.29 is 17.6 Å². The Morgan fingerprint density at radius 2 is 2.04 bits per heavy atom. The van der Waals surface area contributed by atoms with E-state index in [9.17, 15) is 17.6 Å². The topological polar surface area (TPSA) is 66.5 Å². The van der Waals surface area contributed by atoms with Gasteiger partial charge < -0.3 is 5.32 Å². The molecule has 1 heterocycles. The van der Waals surface area contributed by atoms with Crippen LogP contribution in [0.2, 0.25) is 0 Å². The predicted octanol–water partition coefficient (Wildman–Crippen LogP) is 2.47. The number of benzene rings is 2. The molecule has 1 aliphatic heterocycles. The molecule has 0 saturated carbocycles. The highest BCUT2D eigenvalue weighted by Gasteiger charge is 2.24. The number of carbonyl (C=O) groups is 1. The highest BCUT2D eigenvalue weighted by Crippen LogP contribution is 2.29. The van der Waals surface area contributed by atoms with E-state index in [2.05, 4.69) is 5.32 Å². The molecule has 1 N–H and O–H groups in total. The molecule has 0 bridgehead atoms. The van der Waals surface area contributed by atoms with Gasteiger partial charge in [0.25, 0.3) is 5.91 Å². The molecule has 0 radical (unpaired) electrons. The molecule has 3 rings (SSSR count). The number of nitrogens with zero attached hydrogens (tertiary/aromatic N) is 1. The first-order valence-electron chi connectivity index (χ1n) is 7.98. The van der Waals surface area contributed by atoms with Crippen LogP contribution in [0.15, 0.2) is 42.5 Å². The van der Waals surface area contributed by atoms with Gasteiger partial charge in [-0.05, 0) is 54.3 Å². The lowest BCUT2D eigenvalue weighted by Gasteiger charge is -2.29. The van der Waals surface area contributed by atoms with Crippen molar-refractivity contribution in [3.8, 4) is 0 Å². The number of carbonyl (C=O) groups excluding carboxylic acids is 1. The number of fused-ring (bicyclic) bond motifs is 1. The maximum Gasteiger partial charge on any atom is 0.251 e. The minimum absolute atomic E-state index is 0.225. The Hall–Kier alpha value is -2.41. The van der Waals surface area contributed by atoms with Crippen LogP contribution in [0.3, 0.4) is 0 Å². The maximum atomic E-state index is 13.2. The number of hydrogen-bond donors (Lipinski definition) is 1. The van der Waals surface area contributed by atoms with E-state index in [1.165, 1.54) is 22.7 Å². The average molecular weight is 362 g/mol. The lowest BCUT2D eigenvalue weighted by atomic mass is 10.0. The molecule has 5 nitrogen and oxygen atoms in total. The average Bonchev–Trinajstić information content (AvgIpc) is 2.58. The molecule has 2 aromatic carbocycles. The molecule has 0 unspecified atom stereocenters. The van der Waals surface area contributed by atoms with E-state index >= 15 is 0 Å². The monoisotopic (exact) mass is 362 g/mol. The Morgan fingerprint density at radius 1 is 1.24 bits per heavy atom. The third kappa shape index (κ3) is 3.99. The number of nitrogens with one attached hydrogen (secondary N) is 1. The van der Waals surface area contributed by atoms with Gasteiger partial charge in [-0.25, -0.2) is 12.8 Å². The molecule has 2 aromatic rings. The Bertz CT molecular complexity index is 912. The van der Waals surface area contributed by atoms with Crippen molar-refractivity contribution in [2.24, 2.45) is 0 Å². The number of amides is 1. The Morgan fingerprint density at radius 3 is 2.76 bits per heavy atom. The third-order valence-corrected chi connectivity index (χ3v) is 5.34. The molecule has 0 spiro atoms. The summed E-state index contributed by atoms with van der Waals surface area (Å²) in [5.74, 6) is -0.620. The number of anilines is 1. The highest BCUT2D eigenvalue weighted by molar-refractivity contribution is 7.92. The fraction of sp³-hybridized carbons (Fsp3) is 0.278. The van der Waals surface area contributed by atoms with E-state index in [0.29, 0.717) is 29.8 Å². The SMILES string of the molecule is CS(=O)(=O)N1CCCc2cc(C(=O)NCc3cccc(F)c3)ccc21. The molecule has 0 atom stereocenters. The number of hydrogen-bond acceptors (Lipinski definition) is 3. The molecular formula is C18H19FN2O3S. The second-order valence-corrected chi connectivity index (χ2v) is 8.00. The van der Waals surface area contributed by atoms with Gasteiger partial charge in [-0.2, -0.15) is 0 Å². The first-order valence-corrected chi connectivity index (χ1v) is 9.83. The summed E-state index contributed by atoms with van der Waals surface area (Å²) < 4.78 is 38.3. The molecule has 1 aliphatic rings. The van der Waals surface area contributed by atoms with Crippen LogP contribution in [-0.2, 0) is 23.0 Å². The first-order chi connectivity index (χ1) is 11.8. The number of sulfonamides is 1. The molecule has 132 valence electrons. The quantitative estimate of drug-likeness (QED) is 0.909. The Kier molecular flexibility index (Phi) is 4.76. The van der Waals surface area contributed by atoms with E-state index < -0.39 is 10.0 Å². The fourth-order valence-electron chi connectivity index (χ4n) is 2.98. The zero-order chi connectivity index (χ0) is 18.0. The molecule has 1 amide bonds. The Labute approximate surface area is 146 Å². The van der Waals surface area contributed by atoms with E-state index in [1.54, 1.807) is 30.3 Å². The standard InChI is InChI=1S/C18H19FN2O3S/c1-25(23,24)21-9-3-5-14-11-15(7-8-17(14)21)18(22)20-12-13-4-2-6-16(19)10-13/h2,4,6-8,10-11H,3,5,9,12H2,1H3,(H,20,22). The normalized spacial score (nSPS) is 14.1. The summed E-state index contributed by atoms with van der Waals surface area (Å²) in [5.41, 5.74) is 2.62. The van der Waals surface area contributed by atoms with Gasteiger partial charge in [0.1, 0.15) is 5.82 Å². The summed E-state index contributed by atoms with van der Waals surface area (Å²) in [6.45, 7) is 0.681. The summed E-state index contributed by atoms with van der Waals surface area (Å²) in [6.07, 6.45) is 2.63. The summed E-state index contributed by atoms with van der Waals surface area (Å²) in [5, 5.41) is 2.75. The fourth-order valence-corrected chi connectivity index (χ4v) is 3.98. The van der Waals surface area contributed by atoms with Gasteiger partial charge in [0.05, 0.1) is 11.9 Å². The van der Waals surface area contributed by atoms with Crippen LogP contribution >= 0.6 is 0 Å². The highest BCUT2D eigenvalue weighted by atomic mass is 32.2. The largest absolute Gasteiger partial charge is 0.348 e. The predicted molar refractivity (Wildman–Crippen MR) is 94.5 cm³/mol. The molecule has 25 heavy (non-hydrogen) atoms. The van der Waals surface area contributed by atoms with Gasteiger partial charge in [0.2, 0.25) is 10.0 Å². The van der Waals surface area contributed by atoms with Crippen molar-refractivity contribution in [1.29, 1.82) is 0 Å². The van der Waals surface area contributed by atoms with Gasteiger partial charge >= 0.3 is 0 Å². The second-order valence-electron chi connectivity index (χ2n) is 6.09. The maximum absolute atomic E-state index is 13.2.